The van der Waals surface area contributed by atoms with Crippen molar-refractivity contribution in [3.8, 4) is 22.8 Å². The smallest absolute Gasteiger partial charge is 0.256 e. The molecule has 0 aliphatic heterocycles. The summed E-state index contributed by atoms with van der Waals surface area (Å²) in [4.78, 5) is 23.0. The van der Waals surface area contributed by atoms with Gasteiger partial charge in [0.25, 0.3) is 5.91 Å². The zero-order valence-corrected chi connectivity index (χ0v) is 19.1. The second-order valence-corrected chi connectivity index (χ2v) is 7.92. The van der Waals surface area contributed by atoms with Crippen LogP contribution in [0.1, 0.15) is 16.1 Å². The summed E-state index contributed by atoms with van der Waals surface area (Å²) in [7, 11) is 3.19. The molecule has 0 saturated heterocycles. The van der Waals surface area contributed by atoms with E-state index < -0.39 is 0 Å². The number of benzene rings is 3. The second kappa shape index (κ2) is 8.83. The predicted octanol–water partition coefficient (Wildman–Crippen LogP) is 6.03. The normalized spacial score (nSPS) is 10.9. The number of rotatable bonds is 5. The molecule has 0 aliphatic carbocycles. The molecule has 3 aromatic carbocycles. The molecule has 0 spiro atoms. The molecule has 0 unspecified atom stereocenters. The molecule has 5 aromatic rings. The summed E-state index contributed by atoms with van der Waals surface area (Å²) in [6, 6.07) is 24.7. The van der Waals surface area contributed by atoms with E-state index in [0.29, 0.717) is 22.8 Å². The van der Waals surface area contributed by atoms with Crippen LogP contribution in [0.25, 0.3) is 33.1 Å². The van der Waals surface area contributed by atoms with Crippen molar-refractivity contribution in [3.05, 3.63) is 90.1 Å². The summed E-state index contributed by atoms with van der Waals surface area (Å²) >= 11 is 0. The zero-order chi connectivity index (χ0) is 23.7. The number of amides is 1. The number of ether oxygens (including phenoxy) is 2. The minimum Gasteiger partial charge on any atom is -0.493 e. The second-order valence-electron chi connectivity index (χ2n) is 7.92. The van der Waals surface area contributed by atoms with Gasteiger partial charge < -0.3 is 14.8 Å². The van der Waals surface area contributed by atoms with Gasteiger partial charge in [0.05, 0.1) is 42.2 Å². The SMILES string of the molecule is COc1ccc(-c2cc(C(=O)Nc3cc(C)nc4ccccc34)c3ccccc3n2)cc1OC. The van der Waals surface area contributed by atoms with Crippen molar-refractivity contribution in [1.82, 2.24) is 9.97 Å². The number of aryl methyl sites for hydroxylation is 1. The van der Waals surface area contributed by atoms with Crippen molar-refractivity contribution in [2.75, 3.05) is 19.5 Å². The Morgan fingerprint density at radius 2 is 1.44 bits per heavy atom. The van der Waals surface area contributed by atoms with Crippen LogP contribution in [0, 0.1) is 6.92 Å². The van der Waals surface area contributed by atoms with Gasteiger partial charge >= 0.3 is 0 Å². The lowest BCUT2D eigenvalue weighted by Crippen LogP contribution is -2.14. The molecule has 1 amide bonds. The van der Waals surface area contributed by atoms with Crippen LogP contribution in [-0.4, -0.2) is 30.1 Å². The Hall–Kier alpha value is -4.45. The molecule has 2 aromatic heterocycles. The molecule has 34 heavy (non-hydrogen) atoms. The van der Waals surface area contributed by atoms with Gasteiger partial charge in [-0.25, -0.2) is 4.98 Å². The largest absolute Gasteiger partial charge is 0.493 e. The lowest BCUT2D eigenvalue weighted by atomic mass is 10.0. The lowest BCUT2D eigenvalue weighted by molar-refractivity contribution is 0.102. The molecular formula is C28H23N3O3. The first kappa shape index (κ1) is 21.4. The fourth-order valence-electron chi connectivity index (χ4n) is 4.11. The highest BCUT2D eigenvalue weighted by molar-refractivity contribution is 6.15. The minimum atomic E-state index is -0.212. The number of hydrogen-bond donors (Lipinski definition) is 1. The molecule has 6 heteroatoms. The van der Waals surface area contributed by atoms with Gasteiger partial charge in [-0.3, -0.25) is 9.78 Å². The molecule has 2 heterocycles. The molecular weight excluding hydrogens is 426 g/mol. The monoisotopic (exact) mass is 449 g/mol. The predicted molar refractivity (Wildman–Crippen MR) is 135 cm³/mol. The molecule has 6 nitrogen and oxygen atoms in total. The highest BCUT2D eigenvalue weighted by Gasteiger charge is 2.17. The van der Waals surface area contributed by atoms with Crippen LogP contribution in [0.15, 0.2) is 78.9 Å². The van der Waals surface area contributed by atoms with E-state index in [2.05, 4.69) is 10.3 Å². The highest BCUT2D eigenvalue weighted by Crippen LogP contribution is 2.33. The van der Waals surface area contributed by atoms with Crippen LogP contribution in [0.2, 0.25) is 0 Å². The van der Waals surface area contributed by atoms with Gasteiger partial charge in [-0.2, -0.15) is 0 Å². The lowest BCUT2D eigenvalue weighted by Gasteiger charge is -2.13. The highest BCUT2D eigenvalue weighted by atomic mass is 16.5. The molecule has 0 saturated carbocycles. The molecule has 5 rings (SSSR count). The maximum atomic E-state index is 13.6. The Morgan fingerprint density at radius 3 is 2.18 bits per heavy atom. The van der Waals surface area contributed by atoms with E-state index in [1.54, 1.807) is 14.2 Å². The summed E-state index contributed by atoms with van der Waals surface area (Å²) in [6.07, 6.45) is 0. The fraction of sp³-hybridized carbons (Fsp3) is 0.107. The fourth-order valence-corrected chi connectivity index (χ4v) is 4.11. The third-order valence-corrected chi connectivity index (χ3v) is 5.73. The number of pyridine rings is 2. The molecule has 0 bridgehead atoms. The topological polar surface area (TPSA) is 73.3 Å². The number of anilines is 1. The molecule has 1 N–H and O–H groups in total. The van der Waals surface area contributed by atoms with Crippen molar-refractivity contribution in [2.24, 2.45) is 0 Å². The number of carbonyl (C=O) groups is 1. The van der Waals surface area contributed by atoms with Crippen LogP contribution in [-0.2, 0) is 0 Å². The van der Waals surface area contributed by atoms with Gasteiger partial charge in [-0.15, -0.1) is 0 Å². The van der Waals surface area contributed by atoms with Crippen molar-refractivity contribution >= 4 is 33.4 Å². The standard InChI is InChI=1S/C28H23N3O3/c1-17-14-25(20-9-5-7-11-23(20)29-17)31-28(32)21-16-24(30-22-10-6-4-8-19(21)22)18-12-13-26(33-2)27(15-18)34-3/h4-16H,1-3H3,(H,29,31,32). The molecule has 168 valence electrons. The first-order valence-corrected chi connectivity index (χ1v) is 10.9. The number of nitrogens with zero attached hydrogens (tertiary/aromatic N) is 2. The van der Waals surface area contributed by atoms with Crippen LogP contribution < -0.4 is 14.8 Å². The summed E-state index contributed by atoms with van der Waals surface area (Å²) in [5, 5.41) is 4.77. The van der Waals surface area contributed by atoms with E-state index in [1.165, 1.54) is 0 Å². The Morgan fingerprint density at radius 1 is 0.765 bits per heavy atom. The third kappa shape index (κ3) is 3.90. The van der Waals surface area contributed by atoms with Crippen molar-refractivity contribution < 1.29 is 14.3 Å². The molecule has 0 fully saturated rings. The molecule has 0 atom stereocenters. The minimum absolute atomic E-state index is 0.212. The van der Waals surface area contributed by atoms with E-state index >= 15 is 0 Å². The van der Waals surface area contributed by atoms with Gasteiger partial charge in [0.1, 0.15) is 0 Å². The van der Waals surface area contributed by atoms with E-state index in [4.69, 9.17) is 14.5 Å². The van der Waals surface area contributed by atoms with Crippen molar-refractivity contribution in [2.45, 2.75) is 6.92 Å². The Bertz CT molecular complexity index is 1550. The van der Waals surface area contributed by atoms with Gasteiger partial charge in [0, 0.05) is 22.0 Å². The summed E-state index contributed by atoms with van der Waals surface area (Å²) in [5.41, 5.74) is 5.15. The Balaban J connectivity index is 1.62. The van der Waals surface area contributed by atoms with Crippen molar-refractivity contribution in [1.29, 1.82) is 0 Å². The summed E-state index contributed by atoms with van der Waals surface area (Å²) in [5.74, 6) is 1.01. The van der Waals surface area contributed by atoms with E-state index in [1.807, 2.05) is 85.8 Å². The number of aromatic nitrogens is 2. The maximum absolute atomic E-state index is 13.6. The average molecular weight is 450 g/mol. The van der Waals surface area contributed by atoms with Gasteiger partial charge in [0.2, 0.25) is 0 Å². The Labute approximate surface area is 197 Å². The quantitative estimate of drug-likeness (QED) is 0.355. The number of para-hydroxylation sites is 2. The number of carbonyl (C=O) groups excluding carboxylic acids is 1. The van der Waals surface area contributed by atoms with Crippen molar-refractivity contribution in [3.63, 3.8) is 0 Å². The maximum Gasteiger partial charge on any atom is 0.256 e. The Kier molecular flexibility index (Phi) is 5.55. The average Bonchev–Trinajstić information content (AvgIpc) is 2.87. The van der Waals surface area contributed by atoms with E-state index in [-0.39, 0.29) is 5.91 Å². The van der Waals surface area contributed by atoms with Gasteiger partial charge in [-0.05, 0) is 49.4 Å². The number of nitrogens with one attached hydrogen (secondary N) is 1. The van der Waals surface area contributed by atoms with E-state index in [9.17, 15) is 4.79 Å². The summed E-state index contributed by atoms with van der Waals surface area (Å²) in [6.45, 7) is 1.92. The van der Waals surface area contributed by atoms with Crippen LogP contribution in [0.3, 0.4) is 0 Å². The van der Waals surface area contributed by atoms with Crippen LogP contribution in [0.4, 0.5) is 5.69 Å². The summed E-state index contributed by atoms with van der Waals surface area (Å²) < 4.78 is 10.8. The third-order valence-electron chi connectivity index (χ3n) is 5.73. The molecule has 0 radical (unpaired) electrons. The molecule has 0 aliphatic rings. The first-order chi connectivity index (χ1) is 16.6. The number of methoxy groups -OCH3 is 2. The first-order valence-electron chi connectivity index (χ1n) is 10.9. The van der Waals surface area contributed by atoms with Crippen LogP contribution >= 0.6 is 0 Å². The zero-order valence-electron chi connectivity index (χ0n) is 19.1. The van der Waals surface area contributed by atoms with E-state index in [0.717, 1.165) is 38.8 Å². The van der Waals surface area contributed by atoms with Crippen LogP contribution in [0.5, 0.6) is 11.5 Å². The number of hydrogen-bond acceptors (Lipinski definition) is 5. The number of fused-ring (bicyclic) bond motifs is 2. The van der Waals surface area contributed by atoms with Gasteiger partial charge in [-0.1, -0.05) is 36.4 Å². The van der Waals surface area contributed by atoms with Gasteiger partial charge in [0.15, 0.2) is 11.5 Å².